The second-order valence-corrected chi connectivity index (χ2v) is 4.34. The second kappa shape index (κ2) is 4.32. The van der Waals surface area contributed by atoms with Crippen LogP contribution in [0.2, 0.25) is 10.0 Å². The molecule has 0 unspecified atom stereocenters. The molecule has 0 bridgehead atoms. The number of aromatic nitrogens is 1. The Kier molecular flexibility index (Phi) is 3.03. The highest BCUT2D eigenvalue weighted by atomic mass is 35.5. The van der Waals surface area contributed by atoms with Crippen molar-refractivity contribution in [1.29, 1.82) is 0 Å². The predicted octanol–water partition coefficient (Wildman–Crippen LogP) is 3.95. The van der Waals surface area contributed by atoms with Gasteiger partial charge in [-0.25, -0.2) is 0 Å². The first-order valence-electron chi connectivity index (χ1n) is 4.75. The average Bonchev–Trinajstić information content (AvgIpc) is 2.23. The molecule has 0 saturated heterocycles. The zero-order valence-corrected chi connectivity index (χ0v) is 10.2. The molecule has 0 aliphatic rings. The van der Waals surface area contributed by atoms with Crippen LogP contribution in [0.3, 0.4) is 0 Å². The molecule has 0 aliphatic carbocycles. The van der Waals surface area contributed by atoms with Gasteiger partial charge in [0.15, 0.2) is 0 Å². The third-order valence-corrected chi connectivity index (χ3v) is 3.06. The highest BCUT2D eigenvalue weighted by molar-refractivity contribution is 6.44. The van der Waals surface area contributed by atoms with Crippen molar-refractivity contribution < 1.29 is 0 Å². The van der Waals surface area contributed by atoms with Gasteiger partial charge in [-0.15, -0.1) is 0 Å². The highest BCUT2D eigenvalue weighted by Crippen LogP contribution is 2.35. The fourth-order valence-corrected chi connectivity index (χ4v) is 1.98. The third-order valence-electron chi connectivity index (χ3n) is 2.26. The van der Waals surface area contributed by atoms with E-state index in [4.69, 9.17) is 28.9 Å². The molecule has 1 aromatic carbocycles. The van der Waals surface area contributed by atoms with Crippen molar-refractivity contribution in [3.8, 4) is 11.1 Å². The van der Waals surface area contributed by atoms with Gasteiger partial charge in [0.1, 0.15) is 0 Å². The van der Waals surface area contributed by atoms with Gasteiger partial charge in [0.2, 0.25) is 0 Å². The molecule has 2 rings (SSSR count). The van der Waals surface area contributed by atoms with Gasteiger partial charge in [0.25, 0.3) is 0 Å². The summed E-state index contributed by atoms with van der Waals surface area (Å²) < 4.78 is 0. The van der Waals surface area contributed by atoms with Gasteiger partial charge >= 0.3 is 0 Å². The molecule has 0 fully saturated rings. The van der Waals surface area contributed by atoms with E-state index in [0.717, 1.165) is 16.8 Å². The third kappa shape index (κ3) is 2.13. The first-order chi connectivity index (χ1) is 7.58. The van der Waals surface area contributed by atoms with Gasteiger partial charge in [0.05, 0.1) is 10.0 Å². The molecule has 0 aliphatic heterocycles. The summed E-state index contributed by atoms with van der Waals surface area (Å²) in [5, 5.41) is 0.979. The standard InChI is InChI=1S/C12H10Cl2N2/c1-7-4-8(2-3-16-7)10-5-9(15)6-11(13)12(10)14/h2-6H,15H2,1H3. The zero-order chi connectivity index (χ0) is 11.7. The Labute approximate surface area is 104 Å². The van der Waals surface area contributed by atoms with Crippen LogP contribution >= 0.6 is 23.2 Å². The Balaban J connectivity index is 2.64. The number of nitrogens with zero attached hydrogens (tertiary/aromatic N) is 1. The van der Waals surface area contributed by atoms with E-state index in [1.165, 1.54) is 0 Å². The molecule has 0 amide bonds. The predicted molar refractivity (Wildman–Crippen MR) is 68.8 cm³/mol. The minimum absolute atomic E-state index is 0.464. The average molecular weight is 253 g/mol. The Morgan fingerprint density at radius 3 is 2.62 bits per heavy atom. The topological polar surface area (TPSA) is 38.9 Å². The lowest BCUT2D eigenvalue weighted by molar-refractivity contribution is 1.20. The number of nitrogens with two attached hydrogens (primary N) is 1. The SMILES string of the molecule is Cc1cc(-c2cc(N)cc(Cl)c2Cl)ccn1. The van der Waals surface area contributed by atoms with Crippen LogP contribution in [0.25, 0.3) is 11.1 Å². The summed E-state index contributed by atoms with van der Waals surface area (Å²) in [4.78, 5) is 4.13. The van der Waals surface area contributed by atoms with Gasteiger partial charge in [-0.3, -0.25) is 4.98 Å². The van der Waals surface area contributed by atoms with Crippen LogP contribution in [0.5, 0.6) is 0 Å². The van der Waals surface area contributed by atoms with Crippen molar-refractivity contribution in [2.45, 2.75) is 6.92 Å². The summed E-state index contributed by atoms with van der Waals surface area (Å²) in [5.41, 5.74) is 9.06. The molecule has 2 N–H and O–H groups in total. The lowest BCUT2D eigenvalue weighted by Gasteiger charge is -2.08. The number of halogens is 2. The number of hydrogen-bond acceptors (Lipinski definition) is 2. The molecule has 4 heteroatoms. The minimum atomic E-state index is 0.464. The first-order valence-corrected chi connectivity index (χ1v) is 5.51. The number of hydrogen-bond donors (Lipinski definition) is 1. The highest BCUT2D eigenvalue weighted by Gasteiger charge is 2.08. The van der Waals surface area contributed by atoms with Gasteiger partial charge in [0, 0.05) is 23.1 Å². The van der Waals surface area contributed by atoms with E-state index >= 15 is 0 Å². The van der Waals surface area contributed by atoms with Crippen molar-refractivity contribution in [3.05, 3.63) is 46.2 Å². The van der Waals surface area contributed by atoms with Crippen LogP contribution in [0.4, 0.5) is 5.69 Å². The molecular weight excluding hydrogens is 243 g/mol. The molecule has 0 atom stereocenters. The molecule has 16 heavy (non-hydrogen) atoms. The molecule has 0 saturated carbocycles. The van der Waals surface area contributed by atoms with E-state index in [-0.39, 0.29) is 0 Å². The van der Waals surface area contributed by atoms with Crippen molar-refractivity contribution >= 4 is 28.9 Å². The number of nitrogen functional groups attached to an aromatic ring is 1. The molecule has 1 heterocycles. The number of benzene rings is 1. The Morgan fingerprint density at radius 2 is 1.94 bits per heavy atom. The van der Waals surface area contributed by atoms with Crippen LogP contribution in [-0.4, -0.2) is 4.98 Å². The molecule has 2 aromatic rings. The number of aryl methyl sites for hydroxylation is 1. The van der Waals surface area contributed by atoms with Crippen LogP contribution in [-0.2, 0) is 0 Å². The van der Waals surface area contributed by atoms with E-state index in [1.54, 1.807) is 12.3 Å². The fourth-order valence-electron chi connectivity index (χ4n) is 1.53. The molecule has 0 radical (unpaired) electrons. The fraction of sp³-hybridized carbons (Fsp3) is 0.0833. The first kappa shape index (κ1) is 11.2. The lowest BCUT2D eigenvalue weighted by Crippen LogP contribution is -1.89. The summed E-state index contributed by atoms with van der Waals surface area (Å²) in [5.74, 6) is 0. The summed E-state index contributed by atoms with van der Waals surface area (Å²) in [6.07, 6.45) is 1.73. The Hall–Kier alpha value is -1.25. The zero-order valence-electron chi connectivity index (χ0n) is 8.67. The largest absolute Gasteiger partial charge is 0.399 e. The molecule has 2 nitrogen and oxygen atoms in total. The lowest BCUT2D eigenvalue weighted by atomic mass is 10.1. The van der Waals surface area contributed by atoms with Crippen LogP contribution < -0.4 is 5.73 Å². The van der Waals surface area contributed by atoms with E-state index in [0.29, 0.717) is 15.7 Å². The van der Waals surface area contributed by atoms with Gasteiger partial charge in [-0.05, 0) is 36.8 Å². The summed E-state index contributed by atoms with van der Waals surface area (Å²) in [6.45, 7) is 1.92. The molecule has 82 valence electrons. The van der Waals surface area contributed by atoms with Crippen LogP contribution in [0, 0.1) is 6.92 Å². The maximum Gasteiger partial charge on any atom is 0.0672 e. The minimum Gasteiger partial charge on any atom is -0.399 e. The van der Waals surface area contributed by atoms with Crippen molar-refractivity contribution in [1.82, 2.24) is 4.98 Å². The maximum absolute atomic E-state index is 6.14. The van der Waals surface area contributed by atoms with Crippen molar-refractivity contribution in [3.63, 3.8) is 0 Å². The van der Waals surface area contributed by atoms with Crippen molar-refractivity contribution in [2.75, 3.05) is 5.73 Å². The second-order valence-electron chi connectivity index (χ2n) is 3.55. The monoisotopic (exact) mass is 252 g/mol. The quantitative estimate of drug-likeness (QED) is 0.781. The van der Waals surface area contributed by atoms with E-state index in [2.05, 4.69) is 4.98 Å². The van der Waals surface area contributed by atoms with E-state index in [1.807, 2.05) is 25.1 Å². The molecule has 0 spiro atoms. The van der Waals surface area contributed by atoms with E-state index in [9.17, 15) is 0 Å². The summed E-state index contributed by atoms with van der Waals surface area (Å²) >= 11 is 12.1. The van der Waals surface area contributed by atoms with E-state index < -0.39 is 0 Å². The van der Waals surface area contributed by atoms with Crippen molar-refractivity contribution in [2.24, 2.45) is 0 Å². The number of rotatable bonds is 1. The maximum atomic E-state index is 6.14. The Bertz CT molecular complexity index is 539. The van der Waals surface area contributed by atoms with Crippen LogP contribution in [0.1, 0.15) is 5.69 Å². The molecule has 1 aromatic heterocycles. The number of anilines is 1. The van der Waals surface area contributed by atoms with Gasteiger partial charge < -0.3 is 5.73 Å². The van der Waals surface area contributed by atoms with Gasteiger partial charge in [-0.2, -0.15) is 0 Å². The van der Waals surface area contributed by atoms with Crippen LogP contribution in [0.15, 0.2) is 30.5 Å². The Morgan fingerprint density at radius 1 is 1.19 bits per heavy atom. The smallest absolute Gasteiger partial charge is 0.0672 e. The van der Waals surface area contributed by atoms with Gasteiger partial charge in [-0.1, -0.05) is 23.2 Å². The number of pyridine rings is 1. The normalized spacial score (nSPS) is 10.4. The summed E-state index contributed by atoms with van der Waals surface area (Å²) in [6, 6.07) is 7.27. The molecular formula is C12H10Cl2N2. The summed E-state index contributed by atoms with van der Waals surface area (Å²) in [7, 11) is 0.